The van der Waals surface area contributed by atoms with Crippen LogP contribution in [-0.4, -0.2) is 19.2 Å². The van der Waals surface area contributed by atoms with Crippen molar-refractivity contribution in [2.24, 2.45) is 5.41 Å². The van der Waals surface area contributed by atoms with E-state index in [1.807, 2.05) is 0 Å². The summed E-state index contributed by atoms with van der Waals surface area (Å²) in [6.45, 7) is 12.9. The molecule has 0 aliphatic carbocycles. The SMILES string of the molecule is C[C](C)(C)[Al]=[C](C#N)C(C)(C)C. The van der Waals surface area contributed by atoms with Crippen LogP contribution in [0.3, 0.4) is 0 Å². The molecule has 0 unspecified atom stereocenters. The van der Waals surface area contributed by atoms with Crippen LogP contribution in [0.5, 0.6) is 0 Å². The summed E-state index contributed by atoms with van der Waals surface area (Å²) < 4.78 is 1.38. The second-order valence-corrected chi connectivity index (χ2v) is 7.88. The monoisotopic (exact) mass is 179 g/mol. The van der Waals surface area contributed by atoms with Crippen LogP contribution in [0.15, 0.2) is 0 Å². The average Bonchev–Trinajstić information content (AvgIpc) is 1.78. The van der Waals surface area contributed by atoms with Gasteiger partial charge in [-0.05, 0) is 0 Å². The molecule has 2 heteroatoms. The van der Waals surface area contributed by atoms with Crippen LogP contribution in [0.1, 0.15) is 41.5 Å². The molecular formula is C10H18AlN. The van der Waals surface area contributed by atoms with Crippen LogP contribution in [0, 0.1) is 16.7 Å². The van der Waals surface area contributed by atoms with Crippen LogP contribution in [0.2, 0.25) is 4.28 Å². The fourth-order valence-corrected chi connectivity index (χ4v) is 2.21. The van der Waals surface area contributed by atoms with Gasteiger partial charge in [-0.3, -0.25) is 0 Å². The molecule has 0 amide bonds. The molecule has 0 aromatic rings. The Morgan fingerprint density at radius 3 is 1.58 bits per heavy atom. The Morgan fingerprint density at radius 1 is 1.08 bits per heavy atom. The minimum absolute atomic E-state index is 0.0668. The first-order valence-corrected chi connectivity index (χ1v) is 5.46. The maximum atomic E-state index is 8.96. The topological polar surface area (TPSA) is 23.8 Å². The number of hydrogen-bond acceptors (Lipinski definition) is 1. The molecule has 0 saturated heterocycles. The average molecular weight is 179 g/mol. The van der Waals surface area contributed by atoms with Gasteiger partial charge in [0.25, 0.3) is 0 Å². The van der Waals surface area contributed by atoms with Crippen LogP contribution < -0.4 is 0 Å². The van der Waals surface area contributed by atoms with Crippen molar-refractivity contribution in [2.75, 3.05) is 0 Å². The van der Waals surface area contributed by atoms with E-state index in [2.05, 4.69) is 47.6 Å². The van der Waals surface area contributed by atoms with Crippen molar-refractivity contribution >= 4 is 19.2 Å². The van der Waals surface area contributed by atoms with Crippen molar-refractivity contribution < 1.29 is 0 Å². The van der Waals surface area contributed by atoms with Gasteiger partial charge in [0.15, 0.2) is 0 Å². The second-order valence-electron chi connectivity index (χ2n) is 5.29. The number of nitrogens with zero attached hydrogens (tertiary/aromatic N) is 1. The Labute approximate surface area is 82.0 Å². The Hall–Kier alpha value is -0.108. The summed E-state index contributed by atoms with van der Waals surface area (Å²) in [6, 6.07) is 2.35. The fourth-order valence-electron chi connectivity index (χ4n) is 0.849. The summed E-state index contributed by atoms with van der Waals surface area (Å²) in [7, 11) is 0. The first kappa shape index (κ1) is 11.9. The number of nitriles is 1. The fraction of sp³-hybridized carbons (Fsp3) is 0.800. The Kier molecular flexibility index (Phi) is 3.70. The van der Waals surface area contributed by atoms with Crippen molar-refractivity contribution in [2.45, 2.75) is 45.8 Å². The number of hydrogen-bond donors (Lipinski definition) is 0. The molecule has 0 rings (SSSR count). The van der Waals surface area contributed by atoms with Gasteiger partial charge >= 0.3 is 81.7 Å². The first-order valence-electron chi connectivity index (χ1n) is 4.30. The third kappa shape index (κ3) is 4.71. The molecule has 0 radical (unpaired) electrons. The Bertz CT molecular complexity index is 220. The van der Waals surface area contributed by atoms with Crippen LogP contribution in [0.4, 0.5) is 0 Å². The summed E-state index contributed by atoms with van der Waals surface area (Å²) in [5.41, 5.74) is 0.0668. The third-order valence-corrected chi connectivity index (χ3v) is 3.66. The minimum atomic E-state index is 0.0668. The van der Waals surface area contributed by atoms with Crippen molar-refractivity contribution in [3.8, 4) is 6.07 Å². The quantitative estimate of drug-likeness (QED) is 0.524. The van der Waals surface area contributed by atoms with E-state index in [0.29, 0.717) is 4.28 Å². The summed E-state index contributed by atoms with van der Waals surface area (Å²) in [5.74, 6) is 0. The molecule has 0 aromatic heterocycles. The molecular weight excluding hydrogens is 161 g/mol. The van der Waals surface area contributed by atoms with Gasteiger partial charge in [0.05, 0.1) is 0 Å². The summed E-state index contributed by atoms with van der Waals surface area (Å²) in [4.78, 5) is 0. The van der Waals surface area contributed by atoms with E-state index in [1.165, 1.54) is 0 Å². The molecule has 0 aliphatic heterocycles. The van der Waals surface area contributed by atoms with Gasteiger partial charge in [-0.25, -0.2) is 0 Å². The molecule has 0 bridgehead atoms. The molecule has 66 valence electrons. The normalized spacial score (nSPS) is 13.6. The molecule has 0 atom stereocenters. The molecule has 0 saturated carbocycles. The molecule has 0 fully saturated rings. The maximum absolute atomic E-state index is 8.96. The second kappa shape index (κ2) is 3.74. The summed E-state index contributed by atoms with van der Waals surface area (Å²) in [6.07, 6.45) is 0. The summed E-state index contributed by atoms with van der Waals surface area (Å²) in [5, 5.41) is 8.96. The number of rotatable bonds is 0. The van der Waals surface area contributed by atoms with Crippen molar-refractivity contribution in [1.82, 2.24) is 0 Å². The van der Waals surface area contributed by atoms with Crippen LogP contribution in [-0.2, 0) is 0 Å². The predicted molar refractivity (Wildman–Crippen MR) is 55.5 cm³/mol. The van der Waals surface area contributed by atoms with Gasteiger partial charge in [0, 0.05) is 0 Å². The van der Waals surface area contributed by atoms with E-state index in [0.717, 1.165) is 4.38 Å². The summed E-state index contributed by atoms with van der Waals surface area (Å²) >= 11 is 0.127. The van der Waals surface area contributed by atoms with Gasteiger partial charge in [0.1, 0.15) is 0 Å². The van der Waals surface area contributed by atoms with Crippen molar-refractivity contribution in [1.29, 1.82) is 5.26 Å². The zero-order chi connectivity index (χ0) is 9.99. The van der Waals surface area contributed by atoms with Gasteiger partial charge in [-0.15, -0.1) is 0 Å². The molecule has 0 spiro atoms. The van der Waals surface area contributed by atoms with Gasteiger partial charge < -0.3 is 0 Å². The van der Waals surface area contributed by atoms with Gasteiger partial charge in [-0.1, -0.05) is 0 Å². The third-order valence-electron chi connectivity index (χ3n) is 1.51. The van der Waals surface area contributed by atoms with Crippen LogP contribution >= 0.6 is 0 Å². The first-order chi connectivity index (χ1) is 5.17. The molecule has 12 heavy (non-hydrogen) atoms. The van der Waals surface area contributed by atoms with E-state index >= 15 is 0 Å². The molecule has 0 aliphatic rings. The van der Waals surface area contributed by atoms with E-state index in [-0.39, 0.29) is 20.2 Å². The Balaban J connectivity index is 4.85. The molecule has 0 N–H and O–H groups in total. The Morgan fingerprint density at radius 2 is 1.50 bits per heavy atom. The standard InChI is InChI=1S/C6H9N.C4H9.Al/c1-6(2,3)4-5-7;1-4(2)3;/h1-3H3;1-3H3;. The zero-order valence-electron chi connectivity index (χ0n) is 9.02. The van der Waals surface area contributed by atoms with E-state index in [9.17, 15) is 0 Å². The van der Waals surface area contributed by atoms with Gasteiger partial charge in [0.2, 0.25) is 0 Å². The van der Waals surface area contributed by atoms with E-state index in [1.54, 1.807) is 0 Å². The van der Waals surface area contributed by atoms with Gasteiger partial charge in [-0.2, -0.15) is 0 Å². The molecule has 0 heterocycles. The molecule has 0 aromatic carbocycles. The van der Waals surface area contributed by atoms with Crippen molar-refractivity contribution in [3.05, 3.63) is 0 Å². The van der Waals surface area contributed by atoms with E-state index in [4.69, 9.17) is 5.26 Å². The van der Waals surface area contributed by atoms with Crippen molar-refractivity contribution in [3.63, 3.8) is 0 Å². The zero-order valence-corrected chi connectivity index (χ0v) is 10.2. The van der Waals surface area contributed by atoms with Crippen LogP contribution in [0.25, 0.3) is 0 Å². The predicted octanol–water partition coefficient (Wildman–Crippen LogP) is 2.65. The van der Waals surface area contributed by atoms with E-state index < -0.39 is 0 Å². The molecule has 1 nitrogen and oxygen atoms in total.